The molecule has 2 aromatic carbocycles. The molecule has 30 heavy (non-hydrogen) atoms. The molecular formula is C25H21NO4. The lowest BCUT2D eigenvalue weighted by Gasteiger charge is -2.18. The van der Waals surface area contributed by atoms with Gasteiger partial charge in [-0.25, -0.2) is 4.79 Å². The van der Waals surface area contributed by atoms with Crippen molar-refractivity contribution in [3.05, 3.63) is 95.0 Å². The van der Waals surface area contributed by atoms with Gasteiger partial charge in [0.1, 0.15) is 11.5 Å². The zero-order valence-corrected chi connectivity index (χ0v) is 17.0. The number of carbonyl (C=O) groups is 2. The van der Waals surface area contributed by atoms with E-state index in [0.717, 1.165) is 11.1 Å². The van der Waals surface area contributed by atoms with Crippen LogP contribution in [-0.4, -0.2) is 16.7 Å². The molecule has 0 bridgehead atoms. The molecule has 1 aliphatic rings. The number of Topliss-reactive ketones (excluding diaryl/α,β-unsaturated/α-hetero) is 1. The first-order valence-electron chi connectivity index (χ1n) is 9.62. The highest BCUT2D eigenvalue weighted by Crippen LogP contribution is 2.35. The van der Waals surface area contributed by atoms with Gasteiger partial charge in [0, 0.05) is 18.5 Å². The van der Waals surface area contributed by atoms with Gasteiger partial charge in [0.2, 0.25) is 5.78 Å². The summed E-state index contributed by atoms with van der Waals surface area (Å²) < 4.78 is 11.2. The van der Waals surface area contributed by atoms with Crippen LogP contribution < -0.4 is 9.47 Å². The number of ether oxygens (including phenoxy) is 2. The number of esters is 1. The Morgan fingerprint density at radius 2 is 1.83 bits per heavy atom. The summed E-state index contributed by atoms with van der Waals surface area (Å²) in [6.45, 7) is 6.34. The van der Waals surface area contributed by atoms with Gasteiger partial charge in [-0.15, -0.1) is 0 Å². The molecule has 0 saturated heterocycles. The highest BCUT2D eigenvalue weighted by molar-refractivity contribution is 6.14. The minimum atomic E-state index is -0.467. The fourth-order valence-electron chi connectivity index (χ4n) is 3.12. The number of fused-ring (bicyclic) bond motifs is 1. The number of aromatic nitrogens is 1. The van der Waals surface area contributed by atoms with Crippen molar-refractivity contribution in [2.45, 2.75) is 26.2 Å². The number of hydrogen-bond acceptors (Lipinski definition) is 5. The fourth-order valence-corrected chi connectivity index (χ4v) is 3.12. The first-order valence-corrected chi connectivity index (χ1v) is 9.62. The standard InChI is InChI=1S/C25H21NO4/c1-25(2,3)18-8-6-17(7-9-18)24(28)29-19-10-11-20-21(14-19)30-22(23(20)27)13-16-5-4-12-26-15-16/h4-15H,1-3H3. The van der Waals surface area contributed by atoms with Gasteiger partial charge in [-0.05, 0) is 52.9 Å². The Hall–Kier alpha value is -3.73. The molecule has 0 fully saturated rings. The van der Waals surface area contributed by atoms with Crippen molar-refractivity contribution in [1.82, 2.24) is 4.98 Å². The molecule has 0 saturated carbocycles. The van der Waals surface area contributed by atoms with Gasteiger partial charge in [0.05, 0.1) is 11.1 Å². The number of nitrogens with zero attached hydrogens (tertiary/aromatic N) is 1. The molecule has 3 aromatic rings. The summed E-state index contributed by atoms with van der Waals surface area (Å²) in [5.74, 6) is 0.201. The third kappa shape index (κ3) is 4.01. The first kappa shape index (κ1) is 19.6. The molecule has 0 N–H and O–H groups in total. The van der Waals surface area contributed by atoms with Crippen LogP contribution in [0.25, 0.3) is 6.08 Å². The van der Waals surface area contributed by atoms with Crippen LogP contribution in [0.1, 0.15) is 52.6 Å². The first-order chi connectivity index (χ1) is 14.3. The van der Waals surface area contributed by atoms with E-state index < -0.39 is 5.97 Å². The lowest BCUT2D eigenvalue weighted by molar-refractivity contribution is 0.0734. The molecule has 1 aromatic heterocycles. The number of allylic oxidation sites excluding steroid dienone is 1. The van der Waals surface area contributed by atoms with Gasteiger partial charge in [-0.2, -0.15) is 0 Å². The van der Waals surface area contributed by atoms with Crippen molar-refractivity contribution in [3.8, 4) is 11.5 Å². The number of hydrogen-bond donors (Lipinski definition) is 0. The van der Waals surface area contributed by atoms with E-state index in [1.54, 1.807) is 54.9 Å². The highest BCUT2D eigenvalue weighted by Gasteiger charge is 2.28. The summed E-state index contributed by atoms with van der Waals surface area (Å²) in [5, 5.41) is 0. The van der Waals surface area contributed by atoms with Gasteiger partial charge in [0.25, 0.3) is 0 Å². The van der Waals surface area contributed by atoms with Crippen molar-refractivity contribution in [2.24, 2.45) is 0 Å². The molecule has 0 radical (unpaired) electrons. The maximum absolute atomic E-state index is 12.5. The third-order valence-corrected chi connectivity index (χ3v) is 4.82. The molecule has 150 valence electrons. The summed E-state index contributed by atoms with van der Waals surface area (Å²) >= 11 is 0. The van der Waals surface area contributed by atoms with Gasteiger partial charge in [-0.3, -0.25) is 9.78 Å². The van der Waals surface area contributed by atoms with Crippen LogP contribution in [0.4, 0.5) is 0 Å². The average molecular weight is 399 g/mol. The van der Waals surface area contributed by atoms with Crippen LogP contribution in [0.3, 0.4) is 0 Å². The highest BCUT2D eigenvalue weighted by atomic mass is 16.5. The average Bonchev–Trinajstić information content (AvgIpc) is 3.03. The summed E-state index contributed by atoms with van der Waals surface area (Å²) in [6, 6.07) is 15.7. The summed E-state index contributed by atoms with van der Waals surface area (Å²) in [4.78, 5) is 29.1. The van der Waals surface area contributed by atoms with E-state index in [4.69, 9.17) is 9.47 Å². The molecule has 2 heterocycles. The summed E-state index contributed by atoms with van der Waals surface area (Å²) in [5.41, 5.74) is 2.79. The van der Waals surface area contributed by atoms with Crippen LogP contribution in [-0.2, 0) is 5.41 Å². The SMILES string of the molecule is CC(C)(C)c1ccc(C(=O)Oc2ccc3c(c2)OC(=Cc2cccnc2)C3=O)cc1. The van der Waals surface area contributed by atoms with E-state index in [9.17, 15) is 9.59 Å². The van der Waals surface area contributed by atoms with Crippen LogP contribution >= 0.6 is 0 Å². The minimum absolute atomic E-state index is 0.00727. The summed E-state index contributed by atoms with van der Waals surface area (Å²) in [6.07, 6.45) is 4.94. The predicted octanol–water partition coefficient (Wildman–Crippen LogP) is 5.21. The smallest absolute Gasteiger partial charge is 0.343 e. The molecule has 1 aliphatic heterocycles. The molecule has 5 heteroatoms. The maximum atomic E-state index is 12.5. The number of carbonyl (C=O) groups excluding carboxylic acids is 2. The van der Waals surface area contributed by atoms with Crippen molar-refractivity contribution < 1.29 is 19.1 Å². The van der Waals surface area contributed by atoms with E-state index in [1.165, 1.54) is 0 Å². The Morgan fingerprint density at radius 3 is 2.50 bits per heavy atom. The topological polar surface area (TPSA) is 65.5 Å². The second-order valence-electron chi connectivity index (χ2n) is 8.10. The Labute approximate surface area is 175 Å². The van der Waals surface area contributed by atoms with Gasteiger partial charge in [0.15, 0.2) is 5.76 Å². The minimum Gasteiger partial charge on any atom is -0.452 e. The van der Waals surface area contributed by atoms with E-state index >= 15 is 0 Å². The quantitative estimate of drug-likeness (QED) is 0.343. The lowest BCUT2D eigenvalue weighted by atomic mass is 9.87. The normalized spacial score (nSPS) is 14.4. The Morgan fingerprint density at radius 1 is 1.07 bits per heavy atom. The Kier molecular flexibility index (Phi) is 4.96. The van der Waals surface area contributed by atoms with Crippen molar-refractivity contribution in [3.63, 3.8) is 0 Å². The second kappa shape index (κ2) is 7.59. The van der Waals surface area contributed by atoms with Crippen molar-refractivity contribution >= 4 is 17.8 Å². The van der Waals surface area contributed by atoms with Gasteiger partial charge in [-0.1, -0.05) is 39.0 Å². The lowest BCUT2D eigenvalue weighted by Crippen LogP contribution is -2.12. The van der Waals surface area contributed by atoms with Crippen LogP contribution in [0, 0.1) is 0 Å². The second-order valence-corrected chi connectivity index (χ2v) is 8.10. The fraction of sp³-hybridized carbons (Fsp3) is 0.160. The van der Waals surface area contributed by atoms with Crippen molar-refractivity contribution in [2.75, 3.05) is 0 Å². The van der Waals surface area contributed by atoms with E-state index in [1.807, 2.05) is 18.2 Å². The van der Waals surface area contributed by atoms with Crippen LogP contribution in [0.5, 0.6) is 11.5 Å². The van der Waals surface area contributed by atoms with Gasteiger partial charge >= 0.3 is 5.97 Å². The molecule has 0 spiro atoms. The third-order valence-electron chi connectivity index (χ3n) is 4.82. The number of benzene rings is 2. The van der Waals surface area contributed by atoms with E-state index in [2.05, 4.69) is 25.8 Å². The molecule has 0 atom stereocenters. The Balaban J connectivity index is 1.51. The largest absolute Gasteiger partial charge is 0.452 e. The predicted molar refractivity (Wildman–Crippen MR) is 114 cm³/mol. The zero-order chi connectivity index (χ0) is 21.3. The zero-order valence-electron chi connectivity index (χ0n) is 17.0. The van der Waals surface area contributed by atoms with Crippen LogP contribution in [0.15, 0.2) is 72.8 Å². The Bertz CT molecular complexity index is 1140. The monoisotopic (exact) mass is 399 g/mol. The molecule has 5 nitrogen and oxygen atoms in total. The molecule has 4 rings (SSSR count). The van der Waals surface area contributed by atoms with E-state index in [-0.39, 0.29) is 17.0 Å². The molecule has 0 amide bonds. The maximum Gasteiger partial charge on any atom is 0.343 e. The summed E-state index contributed by atoms with van der Waals surface area (Å²) in [7, 11) is 0. The number of ketones is 1. The molecule has 0 unspecified atom stereocenters. The molecule has 0 aliphatic carbocycles. The number of pyridine rings is 1. The van der Waals surface area contributed by atoms with Crippen LogP contribution in [0.2, 0.25) is 0 Å². The van der Waals surface area contributed by atoms with Crippen molar-refractivity contribution in [1.29, 1.82) is 0 Å². The molecular weight excluding hydrogens is 378 g/mol. The van der Waals surface area contributed by atoms with Gasteiger partial charge < -0.3 is 9.47 Å². The number of rotatable bonds is 3. The van der Waals surface area contributed by atoms with E-state index in [0.29, 0.717) is 22.6 Å².